The van der Waals surface area contributed by atoms with E-state index in [0.29, 0.717) is 17.4 Å². The third-order valence-electron chi connectivity index (χ3n) is 1.89. The molecule has 0 radical (unpaired) electrons. The van der Waals surface area contributed by atoms with Gasteiger partial charge in [0.2, 0.25) is 0 Å². The van der Waals surface area contributed by atoms with Crippen molar-refractivity contribution in [2.75, 3.05) is 18.5 Å². The average Bonchev–Trinajstić information content (AvgIpc) is 2.14. The van der Waals surface area contributed by atoms with E-state index in [1.54, 1.807) is 6.07 Å². The van der Waals surface area contributed by atoms with E-state index in [1.165, 1.54) is 6.07 Å². The van der Waals surface area contributed by atoms with Crippen molar-refractivity contribution < 1.29 is 8.78 Å². The highest BCUT2D eigenvalue weighted by molar-refractivity contribution is 9.10. The third-order valence-corrected chi connectivity index (χ3v) is 2.50. The van der Waals surface area contributed by atoms with Crippen LogP contribution in [0.3, 0.4) is 0 Å². The highest BCUT2D eigenvalue weighted by Gasteiger charge is 2.04. The van der Waals surface area contributed by atoms with Crippen LogP contribution in [0.15, 0.2) is 16.6 Å². The SMILES string of the molecule is Cc1cc(F)c(Br)cc1NCCCF. The van der Waals surface area contributed by atoms with Gasteiger partial charge in [-0.05, 0) is 47.0 Å². The standard InChI is InChI=1S/C10H12BrF2N/c1-7-5-9(13)8(11)6-10(7)14-4-2-3-12/h5-6,14H,2-4H2,1H3. The Hall–Kier alpha value is -0.640. The predicted octanol–water partition coefficient (Wildman–Crippen LogP) is 3.67. The van der Waals surface area contributed by atoms with Gasteiger partial charge in [0.25, 0.3) is 0 Å². The molecule has 0 fully saturated rings. The van der Waals surface area contributed by atoms with Crippen molar-refractivity contribution in [1.82, 2.24) is 0 Å². The highest BCUT2D eigenvalue weighted by Crippen LogP contribution is 2.24. The average molecular weight is 264 g/mol. The van der Waals surface area contributed by atoms with Crippen molar-refractivity contribution >= 4 is 21.6 Å². The number of nitrogens with one attached hydrogen (secondary N) is 1. The largest absolute Gasteiger partial charge is 0.385 e. The number of aryl methyl sites for hydroxylation is 1. The lowest BCUT2D eigenvalue weighted by atomic mass is 10.2. The van der Waals surface area contributed by atoms with Crippen molar-refractivity contribution in [2.24, 2.45) is 0 Å². The molecule has 0 aromatic heterocycles. The zero-order chi connectivity index (χ0) is 10.6. The predicted molar refractivity (Wildman–Crippen MR) is 57.9 cm³/mol. The van der Waals surface area contributed by atoms with Crippen LogP contribution in [0.5, 0.6) is 0 Å². The first-order valence-electron chi connectivity index (χ1n) is 4.40. The van der Waals surface area contributed by atoms with Crippen LogP contribution in [0.25, 0.3) is 0 Å². The van der Waals surface area contributed by atoms with E-state index < -0.39 is 0 Å². The molecule has 0 saturated carbocycles. The lowest BCUT2D eigenvalue weighted by molar-refractivity contribution is 0.481. The van der Waals surface area contributed by atoms with E-state index in [0.717, 1.165) is 11.3 Å². The molecule has 0 atom stereocenters. The lowest BCUT2D eigenvalue weighted by Crippen LogP contribution is -2.04. The number of hydrogen-bond acceptors (Lipinski definition) is 1. The molecular weight excluding hydrogens is 252 g/mol. The first-order valence-corrected chi connectivity index (χ1v) is 5.20. The molecule has 0 heterocycles. The van der Waals surface area contributed by atoms with E-state index in [9.17, 15) is 8.78 Å². The van der Waals surface area contributed by atoms with Crippen molar-refractivity contribution in [3.63, 3.8) is 0 Å². The maximum atomic E-state index is 13.0. The first kappa shape index (κ1) is 11.4. The van der Waals surface area contributed by atoms with E-state index in [2.05, 4.69) is 21.2 Å². The summed E-state index contributed by atoms with van der Waals surface area (Å²) in [6.45, 7) is 2.04. The van der Waals surface area contributed by atoms with Gasteiger partial charge in [-0.1, -0.05) is 0 Å². The second kappa shape index (κ2) is 5.29. The smallest absolute Gasteiger partial charge is 0.137 e. The molecular formula is C10H12BrF2N. The molecule has 1 rings (SSSR count). The van der Waals surface area contributed by atoms with Crippen LogP contribution in [0.4, 0.5) is 14.5 Å². The summed E-state index contributed by atoms with van der Waals surface area (Å²) in [6, 6.07) is 3.12. The monoisotopic (exact) mass is 263 g/mol. The fourth-order valence-corrected chi connectivity index (χ4v) is 1.47. The van der Waals surface area contributed by atoms with Crippen LogP contribution < -0.4 is 5.32 Å². The van der Waals surface area contributed by atoms with Crippen LogP contribution >= 0.6 is 15.9 Å². The van der Waals surface area contributed by atoms with Crippen molar-refractivity contribution in [2.45, 2.75) is 13.3 Å². The second-order valence-corrected chi connectivity index (χ2v) is 3.90. The van der Waals surface area contributed by atoms with E-state index >= 15 is 0 Å². The molecule has 0 aliphatic heterocycles. The summed E-state index contributed by atoms with van der Waals surface area (Å²) in [6.07, 6.45) is 0.467. The quantitative estimate of drug-likeness (QED) is 0.818. The summed E-state index contributed by atoms with van der Waals surface area (Å²) in [5, 5.41) is 3.05. The van der Waals surface area contributed by atoms with Crippen LogP contribution in [-0.4, -0.2) is 13.2 Å². The molecule has 0 bridgehead atoms. The fraction of sp³-hybridized carbons (Fsp3) is 0.400. The number of rotatable bonds is 4. The molecule has 1 N–H and O–H groups in total. The summed E-state index contributed by atoms with van der Waals surface area (Å²) in [5.74, 6) is -0.279. The van der Waals surface area contributed by atoms with Crippen LogP contribution in [0, 0.1) is 12.7 Å². The Morgan fingerprint density at radius 1 is 1.43 bits per heavy atom. The van der Waals surface area contributed by atoms with Crippen molar-refractivity contribution in [1.29, 1.82) is 0 Å². The number of hydrogen-bond donors (Lipinski definition) is 1. The number of benzene rings is 1. The van der Waals surface area contributed by atoms with Crippen LogP contribution in [0.1, 0.15) is 12.0 Å². The zero-order valence-electron chi connectivity index (χ0n) is 7.91. The summed E-state index contributed by atoms with van der Waals surface area (Å²) < 4.78 is 25.3. The Morgan fingerprint density at radius 3 is 2.79 bits per heavy atom. The molecule has 14 heavy (non-hydrogen) atoms. The Bertz CT molecular complexity index is 315. The van der Waals surface area contributed by atoms with Crippen molar-refractivity contribution in [3.05, 3.63) is 28.0 Å². The van der Waals surface area contributed by atoms with Gasteiger partial charge < -0.3 is 5.32 Å². The van der Waals surface area contributed by atoms with Crippen LogP contribution in [0.2, 0.25) is 0 Å². The highest BCUT2D eigenvalue weighted by atomic mass is 79.9. The second-order valence-electron chi connectivity index (χ2n) is 3.05. The minimum atomic E-state index is -0.339. The van der Waals surface area contributed by atoms with E-state index in [4.69, 9.17) is 0 Å². The molecule has 4 heteroatoms. The van der Waals surface area contributed by atoms with Gasteiger partial charge in [0, 0.05) is 12.2 Å². The Morgan fingerprint density at radius 2 is 2.14 bits per heavy atom. The van der Waals surface area contributed by atoms with Gasteiger partial charge in [-0.15, -0.1) is 0 Å². The Kier molecular flexibility index (Phi) is 4.32. The van der Waals surface area contributed by atoms with Gasteiger partial charge in [-0.3, -0.25) is 4.39 Å². The molecule has 0 unspecified atom stereocenters. The molecule has 1 nitrogen and oxygen atoms in total. The molecule has 0 spiro atoms. The minimum absolute atomic E-state index is 0.279. The maximum absolute atomic E-state index is 13.0. The third kappa shape index (κ3) is 2.94. The van der Waals surface area contributed by atoms with Gasteiger partial charge in [-0.2, -0.15) is 0 Å². The summed E-state index contributed by atoms with van der Waals surface area (Å²) in [7, 11) is 0. The number of halogens is 3. The molecule has 0 saturated heterocycles. The van der Waals surface area contributed by atoms with Gasteiger partial charge in [-0.25, -0.2) is 4.39 Å². The molecule has 1 aromatic carbocycles. The van der Waals surface area contributed by atoms with Gasteiger partial charge in [0.15, 0.2) is 0 Å². The summed E-state index contributed by atoms with van der Waals surface area (Å²) in [4.78, 5) is 0. The minimum Gasteiger partial charge on any atom is -0.385 e. The maximum Gasteiger partial charge on any atom is 0.137 e. The summed E-state index contributed by atoms with van der Waals surface area (Å²) in [5.41, 5.74) is 1.66. The molecule has 1 aromatic rings. The molecule has 78 valence electrons. The van der Waals surface area contributed by atoms with E-state index in [-0.39, 0.29) is 12.5 Å². The summed E-state index contributed by atoms with van der Waals surface area (Å²) >= 11 is 3.10. The number of anilines is 1. The molecule has 0 amide bonds. The van der Waals surface area contributed by atoms with Gasteiger partial charge in [0.1, 0.15) is 5.82 Å². The van der Waals surface area contributed by atoms with E-state index in [1.807, 2.05) is 6.92 Å². The fourth-order valence-electron chi connectivity index (χ4n) is 1.13. The van der Waals surface area contributed by atoms with Crippen LogP contribution in [-0.2, 0) is 0 Å². The Labute approximate surface area is 90.6 Å². The lowest BCUT2D eigenvalue weighted by Gasteiger charge is -2.09. The number of alkyl halides is 1. The topological polar surface area (TPSA) is 12.0 Å². The van der Waals surface area contributed by atoms with Crippen molar-refractivity contribution in [3.8, 4) is 0 Å². The molecule has 0 aliphatic rings. The van der Waals surface area contributed by atoms with Gasteiger partial charge >= 0.3 is 0 Å². The molecule has 0 aliphatic carbocycles. The zero-order valence-corrected chi connectivity index (χ0v) is 9.50. The Balaban J connectivity index is 2.72. The van der Waals surface area contributed by atoms with Gasteiger partial charge in [0.05, 0.1) is 11.1 Å². The normalized spacial score (nSPS) is 10.3. The first-order chi connectivity index (χ1) is 6.65.